The molecule has 1 heterocycles. The molecule has 1 fully saturated rings. The van der Waals surface area contributed by atoms with Crippen molar-refractivity contribution in [1.82, 2.24) is 0 Å². The molecular weight excluding hydrogens is 198 g/mol. The Labute approximate surface area is 96.3 Å². The number of hydrogen-bond donors (Lipinski definition) is 0. The molecule has 16 heavy (non-hydrogen) atoms. The zero-order valence-corrected chi connectivity index (χ0v) is 9.54. The topological polar surface area (TPSA) is 20.3 Å². The Balaban J connectivity index is 1.96. The Morgan fingerprint density at radius 1 is 1.00 bits per heavy atom. The van der Waals surface area contributed by atoms with E-state index in [9.17, 15) is 4.79 Å². The number of aryl methyl sites for hydroxylation is 1. The first-order chi connectivity index (χ1) is 7.84. The number of carbonyl (C=O) groups excluding carboxylic acids is 1. The Morgan fingerprint density at radius 3 is 2.62 bits per heavy atom. The number of Topliss-reactive ketones (excluding diaryl/α,β-unsaturated/α-hetero) is 1. The normalized spacial score (nSPS) is 20.0. The van der Waals surface area contributed by atoms with Gasteiger partial charge >= 0.3 is 0 Å². The lowest BCUT2D eigenvalue weighted by atomic mass is 9.90. The third-order valence-corrected chi connectivity index (χ3v) is 3.72. The van der Waals surface area contributed by atoms with Crippen molar-refractivity contribution in [2.75, 3.05) is 18.0 Å². The fourth-order valence-electron chi connectivity index (χ4n) is 2.79. The van der Waals surface area contributed by atoms with Gasteiger partial charge in [0, 0.05) is 30.8 Å². The smallest absolute Gasteiger partial charge is 0.163 e. The maximum Gasteiger partial charge on any atom is 0.163 e. The summed E-state index contributed by atoms with van der Waals surface area (Å²) in [7, 11) is 0. The molecule has 0 atom stereocenters. The summed E-state index contributed by atoms with van der Waals surface area (Å²) in [5, 5.41) is 0. The summed E-state index contributed by atoms with van der Waals surface area (Å²) in [5.74, 6) is 0.335. The summed E-state index contributed by atoms with van der Waals surface area (Å²) in [4.78, 5) is 14.2. The molecule has 3 rings (SSSR count). The van der Waals surface area contributed by atoms with Crippen molar-refractivity contribution in [3.05, 3.63) is 29.3 Å². The molecule has 1 aromatic rings. The van der Waals surface area contributed by atoms with E-state index in [1.165, 1.54) is 24.1 Å². The number of anilines is 1. The summed E-state index contributed by atoms with van der Waals surface area (Å²) in [6.07, 6.45) is 5.39. The molecule has 84 valence electrons. The van der Waals surface area contributed by atoms with Crippen LogP contribution < -0.4 is 4.90 Å². The van der Waals surface area contributed by atoms with Crippen LogP contribution in [0.25, 0.3) is 0 Å². The Hall–Kier alpha value is -1.31. The van der Waals surface area contributed by atoms with E-state index >= 15 is 0 Å². The fourth-order valence-corrected chi connectivity index (χ4v) is 2.79. The van der Waals surface area contributed by atoms with Crippen LogP contribution >= 0.6 is 0 Å². The van der Waals surface area contributed by atoms with E-state index in [2.05, 4.69) is 23.1 Å². The molecule has 0 bridgehead atoms. The van der Waals surface area contributed by atoms with Gasteiger partial charge in [-0.3, -0.25) is 4.79 Å². The standard InChI is InChI=1S/C14H17NO/c16-14-5-3-4-11-6-7-12(10-13(11)14)15-8-1-2-9-15/h6-7,10H,1-5,8-9H2. The van der Waals surface area contributed by atoms with Crippen LogP contribution in [0.5, 0.6) is 0 Å². The van der Waals surface area contributed by atoms with Gasteiger partial charge in [-0.05, 0) is 43.4 Å². The second-order valence-corrected chi connectivity index (χ2v) is 4.81. The number of ketones is 1. The van der Waals surface area contributed by atoms with Gasteiger partial charge in [-0.1, -0.05) is 6.07 Å². The summed E-state index contributed by atoms with van der Waals surface area (Å²) in [6, 6.07) is 6.45. The van der Waals surface area contributed by atoms with Crippen LogP contribution in [0.3, 0.4) is 0 Å². The monoisotopic (exact) mass is 215 g/mol. The van der Waals surface area contributed by atoms with Crippen LogP contribution in [-0.2, 0) is 6.42 Å². The van der Waals surface area contributed by atoms with E-state index in [1.54, 1.807) is 0 Å². The molecule has 1 aliphatic carbocycles. The van der Waals surface area contributed by atoms with E-state index in [0.717, 1.165) is 37.9 Å². The third kappa shape index (κ3) is 1.62. The highest BCUT2D eigenvalue weighted by Crippen LogP contribution is 2.27. The Bertz CT molecular complexity index is 419. The van der Waals surface area contributed by atoms with E-state index in [-0.39, 0.29) is 0 Å². The molecule has 0 unspecified atom stereocenters. The molecule has 2 nitrogen and oxygen atoms in total. The average molecular weight is 215 g/mol. The van der Waals surface area contributed by atoms with Gasteiger partial charge in [0.05, 0.1) is 0 Å². The average Bonchev–Trinajstić information content (AvgIpc) is 2.83. The first-order valence-electron chi connectivity index (χ1n) is 6.26. The van der Waals surface area contributed by atoms with Gasteiger partial charge in [0.1, 0.15) is 0 Å². The van der Waals surface area contributed by atoms with E-state index in [0.29, 0.717) is 5.78 Å². The molecule has 2 aliphatic rings. The van der Waals surface area contributed by atoms with Crippen molar-refractivity contribution in [2.24, 2.45) is 0 Å². The minimum Gasteiger partial charge on any atom is -0.372 e. The molecule has 0 amide bonds. The largest absolute Gasteiger partial charge is 0.372 e. The van der Waals surface area contributed by atoms with Crippen molar-refractivity contribution in [2.45, 2.75) is 32.1 Å². The number of fused-ring (bicyclic) bond motifs is 1. The van der Waals surface area contributed by atoms with Gasteiger partial charge in [-0.15, -0.1) is 0 Å². The van der Waals surface area contributed by atoms with Crippen LogP contribution in [0.15, 0.2) is 18.2 Å². The molecule has 1 aromatic carbocycles. The summed E-state index contributed by atoms with van der Waals surface area (Å²) < 4.78 is 0. The van der Waals surface area contributed by atoms with Gasteiger partial charge in [0.25, 0.3) is 0 Å². The minimum absolute atomic E-state index is 0.335. The molecule has 0 radical (unpaired) electrons. The first-order valence-corrected chi connectivity index (χ1v) is 6.26. The van der Waals surface area contributed by atoms with E-state index in [1.807, 2.05) is 0 Å². The summed E-state index contributed by atoms with van der Waals surface area (Å²) in [6.45, 7) is 2.29. The lowest BCUT2D eigenvalue weighted by Gasteiger charge is -2.21. The zero-order valence-electron chi connectivity index (χ0n) is 9.54. The van der Waals surface area contributed by atoms with Gasteiger partial charge in [0.2, 0.25) is 0 Å². The quantitative estimate of drug-likeness (QED) is 0.718. The fraction of sp³-hybridized carbons (Fsp3) is 0.500. The highest BCUT2D eigenvalue weighted by Gasteiger charge is 2.19. The summed E-state index contributed by atoms with van der Waals surface area (Å²) in [5.41, 5.74) is 3.47. The third-order valence-electron chi connectivity index (χ3n) is 3.72. The van der Waals surface area contributed by atoms with Crippen molar-refractivity contribution >= 4 is 11.5 Å². The molecule has 2 heteroatoms. The first kappa shape index (κ1) is 9.88. The number of hydrogen-bond acceptors (Lipinski definition) is 2. The number of nitrogens with zero attached hydrogens (tertiary/aromatic N) is 1. The predicted octanol–water partition coefficient (Wildman–Crippen LogP) is 2.81. The van der Waals surface area contributed by atoms with Crippen LogP contribution in [-0.4, -0.2) is 18.9 Å². The maximum atomic E-state index is 11.8. The highest BCUT2D eigenvalue weighted by molar-refractivity contribution is 5.99. The van der Waals surface area contributed by atoms with E-state index in [4.69, 9.17) is 0 Å². The minimum atomic E-state index is 0.335. The van der Waals surface area contributed by atoms with Gasteiger partial charge in [-0.2, -0.15) is 0 Å². The molecule has 0 spiro atoms. The predicted molar refractivity (Wildman–Crippen MR) is 65.2 cm³/mol. The van der Waals surface area contributed by atoms with Gasteiger partial charge in [0.15, 0.2) is 5.78 Å². The molecule has 0 aromatic heterocycles. The second kappa shape index (κ2) is 3.93. The lowest BCUT2D eigenvalue weighted by molar-refractivity contribution is 0.0972. The maximum absolute atomic E-state index is 11.8. The molecule has 1 saturated heterocycles. The van der Waals surface area contributed by atoms with Gasteiger partial charge < -0.3 is 4.90 Å². The Morgan fingerprint density at radius 2 is 1.81 bits per heavy atom. The van der Waals surface area contributed by atoms with Crippen molar-refractivity contribution in [3.63, 3.8) is 0 Å². The van der Waals surface area contributed by atoms with Crippen LogP contribution in [0.1, 0.15) is 41.6 Å². The van der Waals surface area contributed by atoms with Crippen LogP contribution in [0.4, 0.5) is 5.69 Å². The van der Waals surface area contributed by atoms with Crippen molar-refractivity contribution < 1.29 is 4.79 Å². The lowest BCUT2D eigenvalue weighted by Crippen LogP contribution is -2.19. The SMILES string of the molecule is O=C1CCCc2ccc(N3CCCC3)cc21. The Kier molecular flexibility index (Phi) is 2.43. The molecular formula is C14H17NO. The van der Waals surface area contributed by atoms with Crippen molar-refractivity contribution in [1.29, 1.82) is 0 Å². The van der Waals surface area contributed by atoms with Crippen molar-refractivity contribution in [3.8, 4) is 0 Å². The molecule has 1 aliphatic heterocycles. The van der Waals surface area contributed by atoms with E-state index < -0.39 is 0 Å². The molecule has 0 N–H and O–H groups in total. The number of rotatable bonds is 1. The van der Waals surface area contributed by atoms with Crippen LogP contribution in [0, 0.1) is 0 Å². The highest BCUT2D eigenvalue weighted by atomic mass is 16.1. The summed E-state index contributed by atoms with van der Waals surface area (Å²) >= 11 is 0. The molecule has 0 saturated carbocycles. The number of carbonyl (C=O) groups is 1. The van der Waals surface area contributed by atoms with Crippen LogP contribution in [0.2, 0.25) is 0 Å². The number of benzene rings is 1. The van der Waals surface area contributed by atoms with Gasteiger partial charge in [-0.25, -0.2) is 0 Å². The zero-order chi connectivity index (χ0) is 11.0. The second-order valence-electron chi connectivity index (χ2n) is 4.81.